The zero-order valence-corrected chi connectivity index (χ0v) is 16.3. The van der Waals surface area contributed by atoms with Crippen LogP contribution in [0.15, 0.2) is 47.4 Å². The van der Waals surface area contributed by atoms with E-state index in [4.69, 9.17) is 19.3 Å². The summed E-state index contributed by atoms with van der Waals surface area (Å²) in [5, 5.41) is 7.54. The molecule has 0 radical (unpaired) electrons. The molecule has 10 heteroatoms. The number of nitrogens with two attached hydrogens (primary N) is 1. The van der Waals surface area contributed by atoms with Gasteiger partial charge in [-0.2, -0.15) is 0 Å². The van der Waals surface area contributed by atoms with Gasteiger partial charge in [0.25, 0.3) is 5.91 Å². The summed E-state index contributed by atoms with van der Waals surface area (Å²) in [6.45, 7) is 1.40. The molecule has 0 bridgehead atoms. The van der Waals surface area contributed by atoms with Crippen LogP contribution in [0.1, 0.15) is 17.3 Å². The van der Waals surface area contributed by atoms with Gasteiger partial charge in [0.15, 0.2) is 6.10 Å². The van der Waals surface area contributed by atoms with E-state index < -0.39 is 28.0 Å². The van der Waals surface area contributed by atoms with Gasteiger partial charge in [-0.1, -0.05) is 6.07 Å². The fraction of sp³-hybridized carbons (Fsp3) is 0.222. The molecule has 2 rings (SSSR count). The van der Waals surface area contributed by atoms with E-state index in [1.807, 2.05) is 0 Å². The third kappa shape index (κ3) is 4.99. The Balaban J connectivity index is 2.09. The third-order valence-corrected chi connectivity index (χ3v) is 4.66. The van der Waals surface area contributed by atoms with E-state index in [1.165, 1.54) is 45.4 Å². The first kappa shape index (κ1) is 21.2. The molecule has 0 aliphatic rings. The molecule has 2 aromatic rings. The first-order valence-corrected chi connectivity index (χ1v) is 9.57. The molecule has 0 aliphatic carbocycles. The first-order chi connectivity index (χ1) is 13.2. The van der Waals surface area contributed by atoms with Crippen molar-refractivity contribution in [1.82, 2.24) is 0 Å². The van der Waals surface area contributed by atoms with Gasteiger partial charge in [-0.3, -0.25) is 4.79 Å². The van der Waals surface area contributed by atoms with Gasteiger partial charge in [0.1, 0.15) is 17.1 Å². The number of carbonyl (C=O) groups is 2. The molecule has 9 nitrogen and oxygen atoms in total. The van der Waals surface area contributed by atoms with Gasteiger partial charge in [0.2, 0.25) is 10.0 Å². The quantitative estimate of drug-likeness (QED) is 0.664. The van der Waals surface area contributed by atoms with E-state index in [9.17, 15) is 18.0 Å². The number of carbonyl (C=O) groups excluding carboxylic acids is 2. The molecule has 0 heterocycles. The van der Waals surface area contributed by atoms with Gasteiger partial charge < -0.3 is 19.5 Å². The topological polar surface area (TPSA) is 134 Å². The molecular formula is C18H20N2O7S. The molecule has 0 fully saturated rings. The van der Waals surface area contributed by atoms with Gasteiger partial charge in [0, 0.05) is 5.69 Å². The Labute approximate surface area is 162 Å². The Hall–Kier alpha value is -3.11. The van der Waals surface area contributed by atoms with Gasteiger partial charge in [0.05, 0.1) is 19.1 Å². The van der Waals surface area contributed by atoms with Crippen LogP contribution < -0.4 is 19.9 Å². The highest BCUT2D eigenvalue weighted by Gasteiger charge is 2.24. The van der Waals surface area contributed by atoms with Crippen LogP contribution in [0.4, 0.5) is 5.69 Å². The minimum absolute atomic E-state index is 0.0599. The molecule has 0 saturated heterocycles. The number of anilines is 1. The predicted molar refractivity (Wildman–Crippen MR) is 101 cm³/mol. The standard InChI is InChI=1S/C18H20N2O7S/c1-11(17(21)20-12-7-9-13(10-8-12)28(19,23)24)27-18(22)16-14(25-2)5-4-6-15(16)26-3/h4-11H,1-3H3,(H,20,21)(H2,19,23,24). The van der Waals surface area contributed by atoms with Crippen molar-refractivity contribution in [1.29, 1.82) is 0 Å². The number of amides is 1. The zero-order chi connectivity index (χ0) is 20.9. The van der Waals surface area contributed by atoms with Crippen LogP contribution >= 0.6 is 0 Å². The van der Waals surface area contributed by atoms with Crippen molar-refractivity contribution < 1.29 is 32.2 Å². The largest absolute Gasteiger partial charge is 0.496 e. The van der Waals surface area contributed by atoms with E-state index in [1.54, 1.807) is 18.2 Å². The maximum atomic E-state index is 12.5. The number of ether oxygens (including phenoxy) is 3. The van der Waals surface area contributed by atoms with E-state index in [-0.39, 0.29) is 22.0 Å². The summed E-state index contributed by atoms with van der Waals surface area (Å²) in [5.74, 6) is -0.904. The Bertz CT molecular complexity index is 950. The number of hydrogen-bond donors (Lipinski definition) is 2. The monoisotopic (exact) mass is 408 g/mol. The minimum atomic E-state index is -3.83. The molecule has 0 saturated carbocycles. The Morgan fingerprint density at radius 2 is 1.54 bits per heavy atom. The average Bonchev–Trinajstić information content (AvgIpc) is 2.66. The Kier molecular flexibility index (Phi) is 6.60. The van der Waals surface area contributed by atoms with Crippen molar-refractivity contribution in [2.75, 3.05) is 19.5 Å². The number of rotatable bonds is 7. The smallest absolute Gasteiger partial charge is 0.346 e. The van der Waals surface area contributed by atoms with Crippen LogP contribution in [0.25, 0.3) is 0 Å². The second kappa shape index (κ2) is 8.72. The molecule has 0 spiro atoms. The summed E-state index contributed by atoms with van der Waals surface area (Å²) in [6.07, 6.45) is -1.14. The van der Waals surface area contributed by atoms with Crippen molar-refractivity contribution in [2.24, 2.45) is 5.14 Å². The van der Waals surface area contributed by atoms with Crippen molar-refractivity contribution in [2.45, 2.75) is 17.9 Å². The summed E-state index contributed by atoms with van der Waals surface area (Å²) in [7, 11) is -1.04. The van der Waals surface area contributed by atoms with Crippen LogP contribution in [0, 0.1) is 0 Å². The SMILES string of the molecule is COc1cccc(OC)c1C(=O)OC(C)C(=O)Nc1ccc(S(N)(=O)=O)cc1. The zero-order valence-electron chi connectivity index (χ0n) is 15.5. The summed E-state index contributed by atoms with van der Waals surface area (Å²) in [6, 6.07) is 10.0. The lowest BCUT2D eigenvalue weighted by Crippen LogP contribution is -2.30. The van der Waals surface area contributed by atoms with Gasteiger partial charge in [-0.05, 0) is 43.3 Å². The van der Waals surface area contributed by atoms with Crippen molar-refractivity contribution in [3.8, 4) is 11.5 Å². The molecule has 1 atom stereocenters. The van der Waals surface area contributed by atoms with E-state index in [0.717, 1.165) is 0 Å². The first-order valence-electron chi connectivity index (χ1n) is 8.03. The molecule has 1 amide bonds. The maximum Gasteiger partial charge on any atom is 0.346 e. The fourth-order valence-corrected chi connectivity index (χ4v) is 2.81. The highest BCUT2D eigenvalue weighted by atomic mass is 32.2. The lowest BCUT2D eigenvalue weighted by Gasteiger charge is -2.16. The van der Waals surface area contributed by atoms with Crippen LogP contribution in [0.2, 0.25) is 0 Å². The Morgan fingerprint density at radius 3 is 2.00 bits per heavy atom. The van der Waals surface area contributed by atoms with Crippen molar-refractivity contribution in [3.05, 3.63) is 48.0 Å². The van der Waals surface area contributed by atoms with Crippen LogP contribution in [-0.4, -0.2) is 40.6 Å². The number of hydrogen-bond acceptors (Lipinski definition) is 7. The summed E-state index contributed by atoms with van der Waals surface area (Å²) < 4.78 is 38.0. The second-order valence-corrected chi connectivity index (χ2v) is 7.21. The fourth-order valence-electron chi connectivity index (χ4n) is 2.30. The van der Waals surface area contributed by atoms with Gasteiger partial charge >= 0.3 is 5.97 Å². The molecular weight excluding hydrogens is 388 g/mol. The number of nitrogens with one attached hydrogen (secondary N) is 1. The number of methoxy groups -OCH3 is 2. The van der Waals surface area contributed by atoms with Crippen molar-refractivity contribution in [3.63, 3.8) is 0 Å². The number of primary sulfonamides is 1. The highest BCUT2D eigenvalue weighted by molar-refractivity contribution is 7.89. The van der Waals surface area contributed by atoms with Crippen molar-refractivity contribution >= 4 is 27.6 Å². The number of sulfonamides is 1. The van der Waals surface area contributed by atoms with E-state index in [0.29, 0.717) is 5.69 Å². The molecule has 1 unspecified atom stereocenters. The van der Waals surface area contributed by atoms with Crippen LogP contribution in [-0.2, 0) is 19.6 Å². The lowest BCUT2D eigenvalue weighted by atomic mass is 10.1. The molecule has 0 aliphatic heterocycles. The number of esters is 1. The number of benzene rings is 2. The van der Waals surface area contributed by atoms with E-state index in [2.05, 4.69) is 5.32 Å². The molecule has 0 aromatic heterocycles. The van der Waals surface area contributed by atoms with Gasteiger partial charge in [-0.15, -0.1) is 0 Å². The molecule has 28 heavy (non-hydrogen) atoms. The second-order valence-electron chi connectivity index (χ2n) is 5.64. The Morgan fingerprint density at radius 1 is 1.00 bits per heavy atom. The van der Waals surface area contributed by atoms with Crippen LogP contribution in [0.3, 0.4) is 0 Å². The molecule has 150 valence electrons. The molecule has 2 aromatic carbocycles. The van der Waals surface area contributed by atoms with Gasteiger partial charge in [-0.25, -0.2) is 18.4 Å². The maximum absolute atomic E-state index is 12.5. The lowest BCUT2D eigenvalue weighted by molar-refractivity contribution is -0.123. The predicted octanol–water partition coefficient (Wildman–Crippen LogP) is 1.54. The summed E-state index contributed by atoms with van der Waals surface area (Å²) >= 11 is 0. The molecule has 3 N–H and O–H groups in total. The summed E-state index contributed by atoms with van der Waals surface area (Å²) in [5.41, 5.74) is 0.375. The minimum Gasteiger partial charge on any atom is -0.496 e. The normalized spacial score (nSPS) is 12.0. The van der Waals surface area contributed by atoms with E-state index >= 15 is 0 Å². The van der Waals surface area contributed by atoms with Crippen LogP contribution in [0.5, 0.6) is 11.5 Å². The highest BCUT2D eigenvalue weighted by Crippen LogP contribution is 2.29. The average molecular weight is 408 g/mol. The summed E-state index contributed by atoms with van der Waals surface area (Å²) in [4.78, 5) is 24.7. The third-order valence-electron chi connectivity index (χ3n) is 3.74.